The van der Waals surface area contributed by atoms with Crippen LogP contribution in [0.15, 0.2) is 118 Å². The maximum atomic E-state index is 14.6. The number of rotatable bonds is 25. The monoisotopic (exact) mass is 1580 g/mol. The molecule has 2 bridgehead atoms. The van der Waals surface area contributed by atoms with Crippen molar-refractivity contribution in [2.45, 2.75) is 175 Å². The maximum Gasteiger partial charge on any atom is 0.305 e. The number of aliphatic carboxylic acids is 1. The second-order valence-electron chi connectivity index (χ2n) is 27.2. The predicted octanol–water partition coefficient (Wildman–Crippen LogP) is 2.66. The summed E-state index contributed by atoms with van der Waals surface area (Å²) >= 11 is 1.14. The average molecular weight is 1580 g/mol. The number of allylic oxidation sites excluding steroid dienone is 6. The predicted molar refractivity (Wildman–Crippen MR) is 410 cm³/mol. The number of hydrogen-bond acceptors (Lipinski definition) is 19. The number of thioether (sulfide) groups is 1. The van der Waals surface area contributed by atoms with Gasteiger partial charge in [0.15, 0.2) is 11.7 Å². The van der Waals surface area contributed by atoms with Crippen LogP contribution in [0, 0.1) is 0 Å². The molecule has 0 spiro atoms. The molecule has 0 saturated carbocycles. The van der Waals surface area contributed by atoms with E-state index < -0.39 is 140 Å². The Morgan fingerprint density at radius 2 is 1.27 bits per heavy atom. The molecule has 2 saturated heterocycles. The van der Waals surface area contributed by atoms with Crippen molar-refractivity contribution in [2.24, 2.45) is 16.5 Å². The lowest BCUT2D eigenvalue weighted by Gasteiger charge is -2.26. The number of carboxylic acids is 1. The quantitative estimate of drug-likeness (QED) is 0.0110. The van der Waals surface area contributed by atoms with Gasteiger partial charge in [0.1, 0.15) is 42.8 Å². The largest absolute Gasteiger partial charge is 0.481 e. The number of unbranched alkanes of at least 4 members (excludes halogenated alkanes) is 3. The molecule has 7 atom stereocenters. The molecule has 36 heteroatoms. The smallest absolute Gasteiger partial charge is 0.305 e. The number of nitrogens with zero attached hydrogens (tertiary/aromatic N) is 3. The van der Waals surface area contributed by atoms with Crippen LogP contribution in [-0.2, 0) is 85.4 Å². The maximum absolute atomic E-state index is 14.6. The normalized spacial score (nSPS) is 22.7. The number of carboxylic acid groups (broad SMARTS) is 1. The lowest BCUT2D eigenvalue weighted by atomic mass is 9.81. The van der Waals surface area contributed by atoms with Crippen LogP contribution in [0.5, 0.6) is 0 Å². The lowest BCUT2D eigenvalue weighted by molar-refractivity contribution is -0.438. The molecule has 4 aliphatic rings. The fourth-order valence-corrected chi connectivity index (χ4v) is 16.9. The van der Waals surface area contributed by atoms with Crippen molar-refractivity contribution in [1.29, 1.82) is 0 Å². The molecule has 107 heavy (non-hydrogen) atoms. The van der Waals surface area contributed by atoms with Crippen molar-refractivity contribution in [1.82, 2.24) is 47.9 Å². The van der Waals surface area contributed by atoms with Crippen LogP contribution in [-0.4, -0.2) is 204 Å². The summed E-state index contributed by atoms with van der Waals surface area (Å²) in [5.41, 5.74) is 15.1. The van der Waals surface area contributed by atoms with Gasteiger partial charge in [-0.05, 0) is 120 Å². The zero-order valence-electron chi connectivity index (χ0n) is 60.5. The Kier molecular flexibility index (Phi) is 31.4. The van der Waals surface area contributed by atoms with Crippen LogP contribution in [0.1, 0.15) is 122 Å². The van der Waals surface area contributed by atoms with Gasteiger partial charge in [-0.1, -0.05) is 84.0 Å². The van der Waals surface area contributed by atoms with Gasteiger partial charge in [0.25, 0.3) is 20.2 Å². The topological polar surface area (TPSA) is 479 Å². The second-order valence-corrected chi connectivity index (χ2v) is 33.7. The number of benzene rings is 3. The second kappa shape index (κ2) is 39.3. The number of guanidine groups is 1. The summed E-state index contributed by atoms with van der Waals surface area (Å²) in [6.07, 6.45) is 11.2. The first-order valence-corrected chi connectivity index (χ1v) is 41.6. The molecule has 0 unspecified atom stereocenters. The minimum Gasteiger partial charge on any atom is -0.481 e. The molecule has 16 N–H and O–H groups in total. The lowest BCUT2D eigenvalue weighted by Crippen LogP contribution is -2.59. The molecular formula is C71H97N14O17S5+. The third kappa shape index (κ3) is 24.9. The molecule has 9 amide bonds. The minimum absolute atomic E-state index is 0.00779. The van der Waals surface area contributed by atoms with Crippen LogP contribution in [0.4, 0.5) is 11.4 Å². The fourth-order valence-electron chi connectivity index (χ4n) is 12.7. The zero-order chi connectivity index (χ0) is 78.4. The number of carbonyl (C=O) groups excluding carboxylic acids is 9. The van der Waals surface area contributed by atoms with Crippen LogP contribution in [0.3, 0.4) is 0 Å². The number of nitrogens with one attached hydrogen (secondary N) is 9. The van der Waals surface area contributed by atoms with Gasteiger partial charge in [0, 0.05) is 96.7 Å². The van der Waals surface area contributed by atoms with Crippen molar-refractivity contribution >= 4 is 136 Å². The van der Waals surface area contributed by atoms with Gasteiger partial charge >= 0.3 is 5.97 Å². The van der Waals surface area contributed by atoms with Crippen LogP contribution in [0.2, 0.25) is 0 Å². The van der Waals surface area contributed by atoms with Crippen molar-refractivity contribution in [2.75, 3.05) is 60.6 Å². The molecule has 582 valence electrons. The van der Waals surface area contributed by atoms with Crippen molar-refractivity contribution in [3.05, 3.63) is 119 Å². The van der Waals surface area contributed by atoms with E-state index in [9.17, 15) is 79.0 Å². The highest BCUT2D eigenvalue weighted by Gasteiger charge is 2.46. The van der Waals surface area contributed by atoms with Gasteiger partial charge in [-0.2, -0.15) is 21.4 Å². The first kappa shape index (κ1) is 85.4. The van der Waals surface area contributed by atoms with E-state index in [1.807, 2.05) is 65.0 Å². The standard InChI is InChI=1S/C71H96N14O17S5/c1-7-84-55-29-27-45(106(97,98)99)35-47(55)70(3,4)57(84)24-13-9-14-25-58-71(5,6)48-36-46(107(100,101)102)28-30-56(48)85(58)33-18-10-15-26-59(86)74-31-17-16-22-50-64(92)82-53-40-104-105-41-54(68(96)81-51(34-44-20-11-8-12-21-44)65(93)77-43(2)39-103-42-61(88)78-50)83-66(94)52(37-62(89)90)79-60(87)38-76-63(91)49(80-67(53)95)23-19-32-75-69(72)73/h8-9,11-14,20-21,24-25,27-30,35-36,43,49-54H,7,10,15-19,22-23,26,31-34,37-42H2,1-6H3,(H15-,72,73,74,75,76,77,78,79,80,81,82,83,86,87,88,89,90,91,92,93,94,95,96,97,98,99,100,101,102)/p+1/t43-,49+,50+,51+,52+,53+,54+/m1/s1. The number of carbonyl (C=O) groups is 10. The Labute approximate surface area is 635 Å². The van der Waals surface area contributed by atoms with Crippen LogP contribution >= 0.6 is 33.3 Å². The first-order valence-electron chi connectivity index (χ1n) is 35.1. The SMILES string of the molecule is CCN1C(=CC=CC=CC2=[N+](CCCCCC(=O)NCCCC[C@@H]3NC(=O)CSC[C@@H](C)NC(=O)[C@H](Cc4ccccc4)NC(=O)[C@@H]4CSSC[C@H](NC3=O)C(=O)N[C@@H](CCCN=C(N)N)C(=O)NCC(=O)N[C@@H](CC(=O)O)C(=O)N4)c3ccc(S(=O)(=O)O)cc3C2(C)C)C(C)(C)c2cc(S(=O)(=O)O)ccc21. The molecule has 31 nitrogen and oxygen atoms in total. The molecule has 3 aromatic carbocycles. The molecule has 0 radical (unpaired) electrons. The number of nitrogens with two attached hydrogens (primary N) is 2. The van der Waals surface area contributed by atoms with Crippen molar-refractivity contribution < 1.29 is 83.6 Å². The Bertz CT molecular complexity index is 4190. The number of likely N-dealkylation sites (N-methyl/N-ethyl adjacent to an activating group) is 1. The van der Waals surface area contributed by atoms with Gasteiger partial charge in [-0.3, -0.25) is 62.0 Å². The highest BCUT2D eigenvalue weighted by molar-refractivity contribution is 8.76. The molecule has 7 rings (SSSR count). The highest BCUT2D eigenvalue weighted by Crippen LogP contribution is 2.48. The van der Waals surface area contributed by atoms with Crippen LogP contribution in [0.25, 0.3) is 0 Å². The van der Waals surface area contributed by atoms with E-state index in [0.29, 0.717) is 49.9 Å². The van der Waals surface area contributed by atoms with E-state index in [2.05, 4.69) is 62.3 Å². The number of amides is 9. The van der Waals surface area contributed by atoms with Crippen LogP contribution < -0.4 is 64.2 Å². The van der Waals surface area contributed by atoms with E-state index in [4.69, 9.17) is 11.5 Å². The molecular weight excluding hydrogens is 1480 g/mol. The molecule has 4 aliphatic heterocycles. The Hall–Kier alpha value is -8.81. The Balaban J connectivity index is 1.04. The molecule has 0 aromatic heterocycles. The first-order chi connectivity index (χ1) is 50.6. The summed E-state index contributed by atoms with van der Waals surface area (Å²) in [5.74, 6) is -9.18. The zero-order valence-corrected chi connectivity index (χ0v) is 64.6. The summed E-state index contributed by atoms with van der Waals surface area (Å²) in [6, 6.07) is 8.62. The van der Waals surface area contributed by atoms with Gasteiger partial charge < -0.3 is 69.3 Å². The molecule has 3 aromatic rings. The summed E-state index contributed by atoms with van der Waals surface area (Å²) in [4.78, 5) is 144. The molecule has 2 fully saturated rings. The van der Waals surface area contributed by atoms with Gasteiger partial charge in [-0.25, -0.2) is 0 Å². The van der Waals surface area contributed by atoms with Gasteiger partial charge in [0.05, 0.1) is 33.9 Å². The summed E-state index contributed by atoms with van der Waals surface area (Å²) < 4.78 is 70.8. The van der Waals surface area contributed by atoms with E-state index in [-0.39, 0.29) is 96.3 Å². The van der Waals surface area contributed by atoms with E-state index in [1.54, 1.807) is 49.4 Å². The number of anilines is 1. The average Bonchev–Trinajstić information content (AvgIpc) is 1.60. The minimum atomic E-state index is -4.54. The third-order valence-corrected chi connectivity index (χ3v) is 23.6. The number of aliphatic imine (C=N–C) groups is 1. The molecule has 4 heterocycles. The molecule has 0 aliphatic carbocycles. The van der Waals surface area contributed by atoms with E-state index in [0.717, 1.165) is 61.7 Å². The third-order valence-electron chi connectivity index (χ3n) is 18.3. The number of fused-ring (bicyclic) bond motifs is 7. The summed E-state index contributed by atoms with van der Waals surface area (Å²) in [7, 11) is -7.04. The van der Waals surface area contributed by atoms with Crippen molar-refractivity contribution in [3.63, 3.8) is 0 Å². The summed E-state index contributed by atoms with van der Waals surface area (Å²) in [5, 5.41) is 33.7. The summed E-state index contributed by atoms with van der Waals surface area (Å²) in [6.45, 7) is 12.0. The van der Waals surface area contributed by atoms with E-state index in [1.165, 1.54) is 24.3 Å². The number of hydrogen-bond donors (Lipinski definition) is 14. The van der Waals surface area contributed by atoms with E-state index >= 15 is 0 Å². The van der Waals surface area contributed by atoms with Gasteiger partial charge in [0.2, 0.25) is 58.9 Å². The van der Waals surface area contributed by atoms with Crippen molar-refractivity contribution in [3.8, 4) is 0 Å². The highest BCUT2D eigenvalue weighted by atomic mass is 33.1. The fraction of sp³-hybridized carbons (Fsp3) is 0.493. The van der Waals surface area contributed by atoms with Gasteiger partial charge in [-0.15, -0.1) is 11.8 Å². The Morgan fingerprint density at radius 3 is 1.92 bits per heavy atom. The Morgan fingerprint density at radius 1 is 0.664 bits per heavy atom.